The Morgan fingerprint density at radius 2 is 2.31 bits per heavy atom. The maximum atomic E-state index is 11.6. The molecule has 0 aromatic heterocycles. The standard InChI is InChI=1S/C9H18N2O2/c1-10(2)6-9(13)11-5-3-4-8(11)7-12/h8,12H,3-7H2,1-2H3/t8-/m1/s1. The van der Waals surface area contributed by atoms with Gasteiger partial charge in [0.15, 0.2) is 0 Å². The second-order valence-electron chi connectivity index (χ2n) is 3.80. The summed E-state index contributed by atoms with van der Waals surface area (Å²) in [5, 5.41) is 9.01. The summed E-state index contributed by atoms with van der Waals surface area (Å²) < 4.78 is 0. The van der Waals surface area contributed by atoms with Gasteiger partial charge >= 0.3 is 0 Å². The number of nitrogens with zero attached hydrogens (tertiary/aromatic N) is 2. The van der Waals surface area contributed by atoms with Crippen LogP contribution in [0.4, 0.5) is 0 Å². The highest BCUT2D eigenvalue weighted by atomic mass is 16.3. The highest BCUT2D eigenvalue weighted by molar-refractivity contribution is 5.78. The average Bonchev–Trinajstić information content (AvgIpc) is 2.49. The zero-order chi connectivity index (χ0) is 9.84. The van der Waals surface area contributed by atoms with Crippen LogP contribution in [0.3, 0.4) is 0 Å². The molecule has 0 radical (unpaired) electrons. The lowest BCUT2D eigenvalue weighted by Gasteiger charge is -2.24. The molecule has 1 aliphatic heterocycles. The van der Waals surface area contributed by atoms with Crippen molar-refractivity contribution in [1.29, 1.82) is 0 Å². The van der Waals surface area contributed by atoms with Crippen LogP contribution in [0.1, 0.15) is 12.8 Å². The Morgan fingerprint density at radius 3 is 2.85 bits per heavy atom. The van der Waals surface area contributed by atoms with Gasteiger partial charge < -0.3 is 14.9 Å². The molecule has 0 saturated carbocycles. The quantitative estimate of drug-likeness (QED) is 0.648. The van der Waals surface area contributed by atoms with Crippen molar-refractivity contribution in [1.82, 2.24) is 9.80 Å². The number of hydrogen-bond acceptors (Lipinski definition) is 3. The van der Waals surface area contributed by atoms with E-state index < -0.39 is 0 Å². The Labute approximate surface area is 79.1 Å². The van der Waals surface area contributed by atoms with Crippen molar-refractivity contribution in [3.8, 4) is 0 Å². The number of likely N-dealkylation sites (N-methyl/N-ethyl adjacent to an activating group) is 1. The number of hydrogen-bond donors (Lipinski definition) is 1. The fourth-order valence-electron chi connectivity index (χ4n) is 1.72. The van der Waals surface area contributed by atoms with Crippen LogP contribution in [-0.2, 0) is 4.79 Å². The summed E-state index contributed by atoms with van der Waals surface area (Å²) in [4.78, 5) is 15.2. The molecule has 1 rings (SSSR count). The Kier molecular flexibility index (Phi) is 3.69. The summed E-state index contributed by atoms with van der Waals surface area (Å²) in [6.07, 6.45) is 1.96. The first-order valence-corrected chi connectivity index (χ1v) is 4.70. The maximum absolute atomic E-state index is 11.6. The number of amides is 1. The average molecular weight is 186 g/mol. The molecule has 0 unspecified atom stereocenters. The molecular formula is C9H18N2O2. The van der Waals surface area contributed by atoms with Crippen molar-refractivity contribution in [2.75, 3.05) is 33.8 Å². The molecule has 1 saturated heterocycles. The van der Waals surface area contributed by atoms with Gasteiger partial charge in [0, 0.05) is 6.54 Å². The van der Waals surface area contributed by atoms with Crippen LogP contribution >= 0.6 is 0 Å². The summed E-state index contributed by atoms with van der Waals surface area (Å²) in [6, 6.07) is 0.0625. The molecule has 4 heteroatoms. The van der Waals surface area contributed by atoms with Crippen molar-refractivity contribution >= 4 is 5.91 Å². The summed E-state index contributed by atoms with van der Waals surface area (Å²) in [7, 11) is 3.75. The Bertz CT molecular complexity index is 182. The number of aliphatic hydroxyl groups is 1. The first-order valence-electron chi connectivity index (χ1n) is 4.70. The smallest absolute Gasteiger partial charge is 0.237 e. The zero-order valence-electron chi connectivity index (χ0n) is 8.36. The van der Waals surface area contributed by atoms with Gasteiger partial charge in [0.25, 0.3) is 0 Å². The monoisotopic (exact) mass is 186 g/mol. The van der Waals surface area contributed by atoms with Crippen LogP contribution in [0.5, 0.6) is 0 Å². The zero-order valence-corrected chi connectivity index (χ0v) is 8.36. The number of carbonyl (C=O) groups is 1. The third kappa shape index (κ3) is 2.67. The molecule has 0 aromatic carbocycles. The third-order valence-corrected chi connectivity index (χ3v) is 2.36. The van der Waals surface area contributed by atoms with E-state index in [1.165, 1.54) is 0 Å². The van der Waals surface area contributed by atoms with Crippen molar-refractivity contribution in [2.45, 2.75) is 18.9 Å². The maximum Gasteiger partial charge on any atom is 0.237 e. The van der Waals surface area contributed by atoms with Gasteiger partial charge in [-0.25, -0.2) is 0 Å². The lowest BCUT2D eigenvalue weighted by atomic mass is 10.2. The van der Waals surface area contributed by atoms with E-state index in [0.717, 1.165) is 19.4 Å². The molecule has 0 bridgehead atoms. The van der Waals surface area contributed by atoms with Gasteiger partial charge in [-0.1, -0.05) is 0 Å². The lowest BCUT2D eigenvalue weighted by molar-refractivity contribution is -0.133. The van der Waals surface area contributed by atoms with Gasteiger partial charge in [0.05, 0.1) is 19.2 Å². The van der Waals surface area contributed by atoms with E-state index in [9.17, 15) is 4.79 Å². The van der Waals surface area contributed by atoms with Crippen molar-refractivity contribution in [3.05, 3.63) is 0 Å². The fourth-order valence-corrected chi connectivity index (χ4v) is 1.72. The number of likely N-dealkylation sites (tertiary alicyclic amines) is 1. The Balaban J connectivity index is 2.45. The highest BCUT2D eigenvalue weighted by Crippen LogP contribution is 2.16. The molecule has 0 spiro atoms. The van der Waals surface area contributed by atoms with E-state index >= 15 is 0 Å². The normalized spacial score (nSPS) is 22.8. The summed E-state index contributed by atoms with van der Waals surface area (Å²) in [6.45, 7) is 1.34. The van der Waals surface area contributed by atoms with Crippen LogP contribution in [0.2, 0.25) is 0 Å². The minimum atomic E-state index is 0.0625. The van der Waals surface area contributed by atoms with Crippen LogP contribution in [0.25, 0.3) is 0 Å². The van der Waals surface area contributed by atoms with Crippen LogP contribution in [-0.4, -0.2) is 60.6 Å². The van der Waals surface area contributed by atoms with Gasteiger partial charge in [0.2, 0.25) is 5.91 Å². The minimum Gasteiger partial charge on any atom is -0.394 e. The largest absolute Gasteiger partial charge is 0.394 e. The Hall–Kier alpha value is -0.610. The molecule has 1 aliphatic rings. The predicted molar refractivity (Wildman–Crippen MR) is 50.4 cm³/mol. The van der Waals surface area contributed by atoms with Crippen molar-refractivity contribution < 1.29 is 9.90 Å². The first-order chi connectivity index (χ1) is 6.15. The van der Waals surface area contributed by atoms with Crippen LogP contribution in [0, 0.1) is 0 Å². The number of rotatable bonds is 3. The van der Waals surface area contributed by atoms with E-state index in [-0.39, 0.29) is 18.6 Å². The van der Waals surface area contributed by atoms with E-state index in [2.05, 4.69) is 0 Å². The van der Waals surface area contributed by atoms with Crippen LogP contribution in [0.15, 0.2) is 0 Å². The lowest BCUT2D eigenvalue weighted by Crippen LogP contribution is -2.42. The van der Waals surface area contributed by atoms with Crippen molar-refractivity contribution in [3.63, 3.8) is 0 Å². The second kappa shape index (κ2) is 4.58. The minimum absolute atomic E-state index is 0.0625. The molecule has 13 heavy (non-hydrogen) atoms. The van der Waals surface area contributed by atoms with E-state index in [1.807, 2.05) is 19.0 Å². The van der Waals surface area contributed by atoms with Gasteiger partial charge in [-0.3, -0.25) is 4.79 Å². The van der Waals surface area contributed by atoms with E-state index in [4.69, 9.17) is 5.11 Å². The van der Waals surface area contributed by atoms with E-state index in [1.54, 1.807) is 4.90 Å². The molecule has 76 valence electrons. The van der Waals surface area contributed by atoms with Gasteiger partial charge in [-0.15, -0.1) is 0 Å². The first kappa shape index (κ1) is 10.5. The summed E-state index contributed by atoms with van der Waals surface area (Å²) in [5.74, 6) is 0.126. The Morgan fingerprint density at radius 1 is 1.62 bits per heavy atom. The summed E-state index contributed by atoms with van der Waals surface area (Å²) >= 11 is 0. The van der Waals surface area contributed by atoms with Crippen molar-refractivity contribution in [2.24, 2.45) is 0 Å². The van der Waals surface area contributed by atoms with Crippen LogP contribution < -0.4 is 0 Å². The van der Waals surface area contributed by atoms with Gasteiger partial charge in [-0.2, -0.15) is 0 Å². The molecular weight excluding hydrogens is 168 g/mol. The van der Waals surface area contributed by atoms with E-state index in [0.29, 0.717) is 6.54 Å². The predicted octanol–water partition coefficient (Wildman–Crippen LogP) is -0.469. The summed E-state index contributed by atoms with van der Waals surface area (Å²) in [5.41, 5.74) is 0. The fraction of sp³-hybridized carbons (Fsp3) is 0.889. The topological polar surface area (TPSA) is 43.8 Å². The molecule has 0 aliphatic carbocycles. The molecule has 1 heterocycles. The number of carbonyl (C=O) groups excluding carboxylic acids is 1. The molecule has 1 atom stereocenters. The molecule has 1 fully saturated rings. The number of aliphatic hydroxyl groups excluding tert-OH is 1. The third-order valence-electron chi connectivity index (χ3n) is 2.36. The molecule has 4 nitrogen and oxygen atoms in total. The molecule has 0 aromatic rings. The second-order valence-corrected chi connectivity index (χ2v) is 3.80. The SMILES string of the molecule is CN(C)CC(=O)N1CCC[C@@H]1CO. The van der Waals surface area contributed by atoms with Gasteiger partial charge in [-0.05, 0) is 26.9 Å². The highest BCUT2D eigenvalue weighted by Gasteiger charge is 2.27. The molecule has 1 amide bonds. The van der Waals surface area contributed by atoms with Gasteiger partial charge in [0.1, 0.15) is 0 Å². The molecule has 1 N–H and O–H groups in total.